The van der Waals surface area contributed by atoms with E-state index in [1.165, 1.54) is 173 Å². The Morgan fingerprint density at radius 2 is 0.579 bits per heavy atom. The minimum absolute atomic E-state index is 0.0687. The molecule has 0 spiro atoms. The number of unbranched alkanes of at least 4 members (excludes halogenated alkanes) is 33. The molecule has 6 nitrogen and oxygen atoms in total. The van der Waals surface area contributed by atoms with Crippen LogP contribution in [0.15, 0.2) is 12.2 Å². The molecule has 0 radical (unpaired) electrons. The van der Waals surface area contributed by atoms with Crippen molar-refractivity contribution in [3.8, 4) is 0 Å². The minimum atomic E-state index is -0.766. The maximum absolute atomic E-state index is 12.7. The van der Waals surface area contributed by atoms with E-state index < -0.39 is 6.10 Å². The van der Waals surface area contributed by atoms with Crippen molar-refractivity contribution in [2.24, 2.45) is 0 Å². The summed E-state index contributed by atoms with van der Waals surface area (Å²) >= 11 is 0. The van der Waals surface area contributed by atoms with Gasteiger partial charge < -0.3 is 14.2 Å². The van der Waals surface area contributed by atoms with Gasteiger partial charge in [0, 0.05) is 19.3 Å². The largest absolute Gasteiger partial charge is 0.462 e. The van der Waals surface area contributed by atoms with Gasteiger partial charge in [-0.1, -0.05) is 226 Å². The van der Waals surface area contributed by atoms with Gasteiger partial charge >= 0.3 is 17.9 Å². The van der Waals surface area contributed by atoms with Gasteiger partial charge in [-0.3, -0.25) is 14.4 Å². The van der Waals surface area contributed by atoms with Crippen LogP contribution in [0.4, 0.5) is 0 Å². The molecule has 0 aromatic carbocycles. The van der Waals surface area contributed by atoms with E-state index in [1.54, 1.807) is 0 Å². The molecule has 336 valence electrons. The van der Waals surface area contributed by atoms with Crippen molar-refractivity contribution in [1.29, 1.82) is 0 Å². The normalized spacial score (nSPS) is 12.0. The van der Waals surface area contributed by atoms with E-state index in [0.29, 0.717) is 19.3 Å². The lowest BCUT2D eigenvalue weighted by molar-refractivity contribution is -0.167. The lowest BCUT2D eigenvalue weighted by Crippen LogP contribution is -2.30. The number of carbonyl (C=O) groups is 3. The fraction of sp³-hybridized carbons (Fsp3) is 0.902. The molecule has 0 heterocycles. The third kappa shape index (κ3) is 45.1. The molecule has 6 heteroatoms. The molecule has 0 amide bonds. The highest BCUT2D eigenvalue weighted by Crippen LogP contribution is 2.16. The number of carbonyl (C=O) groups excluding carboxylic acids is 3. The molecule has 0 aliphatic rings. The van der Waals surface area contributed by atoms with Gasteiger partial charge in [-0.05, 0) is 44.9 Å². The maximum atomic E-state index is 12.7. The first-order valence-electron chi connectivity index (χ1n) is 25.2. The predicted molar refractivity (Wildman–Crippen MR) is 243 cm³/mol. The Morgan fingerprint density at radius 3 is 0.895 bits per heavy atom. The third-order valence-corrected chi connectivity index (χ3v) is 11.3. The van der Waals surface area contributed by atoms with Crippen molar-refractivity contribution in [2.45, 2.75) is 284 Å². The monoisotopic (exact) mass is 805 g/mol. The fourth-order valence-electron chi connectivity index (χ4n) is 7.44. The van der Waals surface area contributed by atoms with Crippen LogP contribution in [0.5, 0.6) is 0 Å². The van der Waals surface area contributed by atoms with Crippen molar-refractivity contribution in [2.75, 3.05) is 13.2 Å². The molecule has 1 unspecified atom stereocenters. The molecule has 0 aliphatic heterocycles. The summed E-state index contributed by atoms with van der Waals surface area (Å²) in [6, 6.07) is 0. The van der Waals surface area contributed by atoms with Crippen molar-refractivity contribution in [3.05, 3.63) is 12.2 Å². The Bertz CT molecular complexity index is 885. The molecule has 0 saturated heterocycles. The lowest BCUT2D eigenvalue weighted by atomic mass is 10.0. The average molecular weight is 805 g/mol. The quantitative estimate of drug-likeness (QED) is 0.0264. The van der Waals surface area contributed by atoms with E-state index in [4.69, 9.17) is 14.2 Å². The molecular formula is C51H96O6. The molecule has 57 heavy (non-hydrogen) atoms. The molecular weight excluding hydrogens is 709 g/mol. The van der Waals surface area contributed by atoms with Gasteiger partial charge in [0.05, 0.1) is 0 Å². The smallest absolute Gasteiger partial charge is 0.306 e. The van der Waals surface area contributed by atoms with Gasteiger partial charge in [0.25, 0.3) is 0 Å². The maximum Gasteiger partial charge on any atom is 0.306 e. The number of rotatable bonds is 46. The average Bonchev–Trinajstić information content (AvgIpc) is 3.21. The second-order valence-corrected chi connectivity index (χ2v) is 17.1. The topological polar surface area (TPSA) is 78.9 Å². The first-order valence-corrected chi connectivity index (χ1v) is 25.2. The standard InChI is InChI=1S/C51H96O6/c1-4-7-10-13-16-19-21-23-24-25-26-27-29-30-32-35-38-41-44-50(53)56-47-48(46-55-49(52)43-40-37-34-18-15-12-9-6-3)57-51(54)45-42-39-36-33-31-28-22-20-17-14-11-8-5-2/h20,22,48H,4-19,21,23-47H2,1-3H3/b22-20-. The van der Waals surface area contributed by atoms with Gasteiger partial charge in [-0.15, -0.1) is 0 Å². The van der Waals surface area contributed by atoms with Crippen LogP contribution < -0.4 is 0 Å². The molecule has 0 saturated carbocycles. The molecule has 0 aromatic rings. The lowest BCUT2D eigenvalue weighted by Gasteiger charge is -2.18. The van der Waals surface area contributed by atoms with Gasteiger partial charge in [-0.2, -0.15) is 0 Å². The van der Waals surface area contributed by atoms with Gasteiger partial charge in [0.15, 0.2) is 6.10 Å². The number of allylic oxidation sites excluding steroid dienone is 2. The number of esters is 3. The first kappa shape index (κ1) is 55.2. The fourth-order valence-corrected chi connectivity index (χ4v) is 7.44. The first-order chi connectivity index (χ1) is 28.0. The Labute approximate surface area is 354 Å². The summed E-state index contributed by atoms with van der Waals surface area (Å²) in [6.07, 6.45) is 50.6. The zero-order valence-electron chi connectivity index (χ0n) is 38.4. The van der Waals surface area contributed by atoms with E-state index in [-0.39, 0.29) is 31.1 Å². The Hall–Kier alpha value is -1.85. The Balaban J connectivity index is 4.23. The zero-order chi connectivity index (χ0) is 41.5. The highest BCUT2D eigenvalue weighted by Gasteiger charge is 2.19. The molecule has 0 fully saturated rings. The van der Waals surface area contributed by atoms with Crippen molar-refractivity contribution >= 4 is 17.9 Å². The van der Waals surface area contributed by atoms with Crippen LogP contribution in [0.25, 0.3) is 0 Å². The van der Waals surface area contributed by atoms with Crippen LogP contribution in [-0.4, -0.2) is 37.2 Å². The van der Waals surface area contributed by atoms with Crippen molar-refractivity contribution in [3.63, 3.8) is 0 Å². The summed E-state index contributed by atoms with van der Waals surface area (Å²) in [5.41, 5.74) is 0. The van der Waals surface area contributed by atoms with E-state index in [1.807, 2.05) is 0 Å². The number of hydrogen-bond acceptors (Lipinski definition) is 6. The van der Waals surface area contributed by atoms with Crippen LogP contribution in [-0.2, 0) is 28.6 Å². The van der Waals surface area contributed by atoms with E-state index in [2.05, 4.69) is 32.9 Å². The third-order valence-electron chi connectivity index (χ3n) is 11.3. The highest BCUT2D eigenvalue weighted by atomic mass is 16.6. The molecule has 0 rings (SSSR count). The van der Waals surface area contributed by atoms with E-state index in [0.717, 1.165) is 64.2 Å². The van der Waals surface area contributed by atoms with Crippen LogP contribution in [0.3, 0.4) is 0 Å². The Morgan fingerprint density at radius 1 is 0.333 bits per heavy atom. The second kappa shape index (κ2) is 46.8. The SMILES string of the molecule is CCCCCC/C=C\CCCCCCCC(=O)OC(COC(=O)CCCCCCCCCC)COC(=O)CCCCCCCCCCCCCCCCCCCC. The Kier molecular flexibility index (Phi) is 45.3. The van der Waals surface area contributed by atoms with Crippen molar-refractivity contribution < 1.29 is 28.6 Å². The summed E-state index contributed by atoms with van der Waals surface area (Å²) in [4.78, 5) is 37.8. The highest BCUT2D eigenvalue weighted by molar-refractivity contribution is 5.71. The molecule has 0 aliphatic carbocycles. The molecule has 0 aromatic heterocycles. The summed E-state index contributed by atoms with van der Waals surface area (Å²) in [7, 11) is 0. The van der Waals surface area contributed by atoms with Gasteiger partial charge in [0.1, 0.15) is 13.2 Å². The number of hydrogen-bond donors (Lipinski definition) is 0. The van der Waals surface area contributed by atoms with Crippen LogP contribution in [0.1, 0.15) is 278 Å². The van der Waals surface area contributed by atoms with E-state index in [9.17, 15) is 14.4 Å². The van der Waals surface area contributed by atoms with E-state index >= 15 is 0 Å². The van der Waals surface area contributed by atoms with Crippen molar-refractivity contribution in [1.82, 2.24) is 0 Å². The van der Waals surface area contributed by atoms with Gasteiger partial charge in [0.2, 0.25) is 0 Å². The van der Waals surface area contributed by atoms with Crippen LogP contribution in [0.2, 0.25) is 0 Å². The summed E-state index contributed by atoms with van der Waals surface area (Å²) in [5, 5.41) is 0. The minimum Gasteiger partial charge on any atom is -0.462 e. The van der Waals surface area contributed by atoms with Crippen LogP contribution >= 0.6 is 0 Å². The zero-order valence-corrected chi connectivity index (χ0v) is 38.4. The second-order valence-electron chi connectivity index (χ2n) is 17.1. The summed E-state index contributed by atoms with van der Waals surface area (Å²) in [6.45, 7) is 6.62. The van der Waals surface area contributed by atoms with Gasteiger partial charge in [-0.25, -0.2) is 0 Å². The summed E-state index contributed by atoms with van der Waals surface area (Å²) < 4.78 is 16.7. The summed E-state index contributed by atoms with van der Waals surface area (Å²) in [5.74, 6) is -0.868. The molecule has 0 N–H and O–H groups in total. The molecule has 0 bridgehead atoms. The predicted octanol–water partition coefficient (Wildman–Crippen LogP) is 16.2. The van der Waals surface area contributed by atoms with Crippen LogP contribution in [0, 0.1) is 0 Å². The molecule has 1 atom stereocenters. The number of ether oxygens (including phenoxy) is 3.